The molecule has 1 aromatic carbocycles. The molecule has 2 N–H and O–H groups in total. The first kappa shape index (κ1) is 15.0. The molecule has 7 heteroatoms. The Labute approximate surface area is 122 Å². The number of benzene rings is 1. The van der Waals surface area contributed by atoms with E-state index >= 15 is 0 Å². The zero-order chi connectivity index (χ0) is 15.5. The molecule has 2 rings (SSSR count). The topological polar surface area (TPSA) is 96.4 Å². The van der Waals surface area contributed by atoms with Crippen LogP contribution < -0.4 is 4.72 Å². The molecule has 0 atom stereocenters. The van der Waals surface area contributed by atoms with Gasteiger partial charge in [-0.25, -0.2) is 13.2 Å². The Morgan fingerprint density at radius 3 is 2.67 bits per heavy atom. The highest BCUT2D eigenvalue weighted by atomic mass is 32.2. The summed E-state index contributed by atoms with van der Waals surface area (Å²) in [6.07, 6.45) is 3.41. The van der Waals surface area contributed by atoms with Crippen molar-refractivity contribution in [3.05, 3.63) is 53.9 Å². The van der Waals surface area contributed by atoms with E-state index < -0.39 is 16.0 Å². The van der Waals surface area contributed by atoms with Crippen molar-refractivity contribution in [2.24, 2.45) is 0 Å². The third-order valence-corrected chi connectivity index (χ3v) is 4.30. The average Bonchev–Trinajstić information content (AvgIpc) is 2.47. The van der Waals surface area contributed by atoms with Gasteiger partial charge in [0, 0.05) is 6.20 Å². The van der Waals surface area contributed by atoms with Crippen LogP contribution in [0.3, 0.4) is 0 Å². The second-order valence-electron chi connectivity index (χ2n) is 4.32. The van der Waals surface area contributed by atoms with Gasteiger partial charge in [-0.15, -0.1) is 0 Å². The van der Waals surface area contributed by atoms with Gasteiger partial charge in [0.15, 0.2) is 0 Å². The maximum absolute atomic E-state index is 12.2. The van der Waals surface area contributed by atoms with E-state index in [4.69, 9.17) is 5.11 Å². The molecule has 0 aliphatic heterocycles. The fourth-order valence-corrected chi connectivity index (χ4v) is 2.94. The van der Waals surface area contributed by atoms with E-state index in [1.165, 1.54) is 30.6 Å². The van der Waals surface area contributed by atoms with Gasteiger partial charge in [0.25, 0.3) is 10.0 Å². The molecular weight excluding hydrogens is 292 g/mol. The van der Waals surface area contributed by atoms with Gasteiger partial charge in [-0.1, -0.05) is 13.0 Å². The van der Waals surface area contributed by atoms with Crippen molar-refractivity contribution in [3.63, 3.8) is 0 Å². The lowest BCUT2D eigenvalue weighted by molar-refractivity contribution is 0.0695. The van der Waals surface area contributed by atoms with E-state index in [-0.39, 0.29) is 10.5 Å². The zero-order valence-electron chi connectivity index (χ0n) is 11.3. The Morgan fingerprint density at radius 2 is 2.10 bits per heavy atom. The molecule has 0 amide bonds. The molecule has 21 heavy (non-hydrogen) atoms. The van der Waals surface area contributed by atoms with E-state index in [1.807, 2.05) is 6.92 Å². The predicted molar refractivity (Wildman–Crippen MR) is 77.8 cm³/mol. The van der Waals surface area contributed by atoms with Crippen LogP contribution in [-0.2, 0) is 16.4 Å². The van der Waals surface area contributed by atoms with E-state index in [0.717, 1.165) is 0 Å². The van der Waals surface area contributed by atoms with Crippen LogP contribution in [0, 0.1) is 0 Å². The van der Waals surface area contributed by atoms with Crippen molar-refractivity contribution in [1.29, 1.82) is 0 Å². The summed E-state index contributed by atoms with van der Waals surface area (Å²) in [5.41, 5.74) is 0.892. The summed E-state index contributed by atoms with van der Waals surface area (Å²) in [5, 5.41) is 9.15. The summed E-state index contributed by atoms with van der Waals surface area (Å²) in [6, 6.07) is 7.23. The molecule has 6 nitrogen and oxygen atoms in total. The number of carboxylic acids is 1. The molecule has 0 fully saturated rings. The summed E-state index contributed by atoms with van der Waals surface area (Å²) >= 11 is 0. The van der Waals surface area contributed by atoms with Crippen LogP contribution in [0.5, 0.6) is 0 Å². The lowest BCUT2D eigenvalue weighted by Crippen LogP contribution is -2.14. The van der Waals surface area contributed by atoms with E-state index in [9.17, 15) is 13.2 Å². The van der Waals surface area contributed by atoms with Gasteiger partial charge < -0.3 is 5.11 Å². The molecule has 0 aliphatic rings. The highest BCUT2D eigenvalue weighted by Gasteiger charge is 2.18. The number of rotatable bonds is 5. The summed E-state index contributed by atoms with van der Waals surface area (Å²) in [5.74, 6) is -1.15. The molecule has 0 spiro atoms. The second-order valence-corrected chi connectivity index (χ2v) is 6.01. The first-order valence-corrected chi connectivity index (χ1v) is 7.71. The van der Waals surface area contributed by atoms with E-state index in [0.29, 0.717) is 17.7 Å². The molecular formula is C14H14N2O4S. The third kappa shape index (κ3) is 3.38. The Kier molecular flexibility index (Phi) is 4.23. The number of nitrogens with zero attached hydrogens (tertiary/aromatic N) is 1. The lowest BCUT2D eigenvalue weighted by atomic mass is 10.1. The monoisotopic (exact) mass is 306 g/mol. The molecule has 0 bridgehead atoms. The SMILES string of the molecule is CCc1ccc(S(=O)(=O)Nc2cccnc2)cc1C(=O)O. The van der Waals surface area contributed by atoms with Crippen molar-refractivity contribution >= 4 is 21.7 Å². The first-order chi connectivity index (χ1) is 9.94. The van der Waals surface area contributed by atoms with Crippen LogP contribution in [0.1, 0.15) is 22.8 Å². The predicted octanol–water partition coefficient (Wildman–Crippen LogP) is 2.14. The molecule has 1 heterocycles. The number of aromatic carboxylic acids is 1. The van der Waals surface area contributed by atoms with Gasteiger partial charge in [0.2, 0.25) is 0 Å². The van der Waals surface area contributed by atoms with Crippen molar-refractivity contribution in [2.45, 2.75) is 18.2 Å². The molecule has 110 valence electrons. The number of aryl methyl sites for hydroxylation is 1. The number of anilines is 1. The van der Waals surface area contributed by atoms with Gasteiger partial charge in [-0.05, 0) is 36.2 Å². The van der Waals surface area contributed by atoms with Gasteiger partial charge in [-0.2, -0.15) is 0 Å². The van der Waals surface area contributed by atoms with Crippen LogP contribution >= 0.6 is 0 Å². The van der Waals surface area contributed by atoms with E-state index in [1.54, 1.807) is 12.1 Å². The van der Waals surface area contributed by atoms with Gasteiger partial charge in [-0.3, -0.25) is 9.71 Å². The molecule has 2 aromatic rings. The summed E-state index contributed by atoms with van der Waals surface area (Å²) in [6.45, 7) is 1.81. The normalized spacial score (nSPS) is 11.1. The zero-order valence-corrected chi connectivity index (χ0v) is 12.1. The highest BCUT2D eigenvalue weighted by molar-refractivity contribution is 7.92. The number of aromatic nitrogens is 1. The smallest absolute Gasteiger partial charge is 0.336 e. The molecule has 0 aliphatic carbocycles. The maximum Gasteiger partial charge on any atom is 0.336 e. The minimum Gasteiger partial charge on any atom is -0.478 e. The van der Waals surface area contributed by atoms with Crippen molar-refractivity contribution < 1.29 is 18.3 Å². The summed E-state index contributed by atoms with van der Waals surface area (Å²) < 4.78 is 26.8. The fraction of sp³-hybridized carbons (Fsp3) is 0.143. The van der Waals surface area contributed by atoms with Crippen molar-refractivity contribution in [2.75, 3.05) is 4.72 Å². The quantitative estimate of drug-likeness (QED) is 0.882. The molecule has 1 aromatic heterocycles. The van der Waals surface area contributed by atoms with Crippen molar-refractivity contribution in [1.82, 2.24) is 4.98 Å². The van der Waals surface area contributed by atoms with Crippen LogP contribution in [0.2, 0.25) is 0 Å². The lowest BCUT2D eigenvalue weighted by Gasteiger charge is -2.10. The van der Waals surface area contributed by atoms with E-state index in [2.05, 4.69) is 9.71 Å². The molecule has 0 saturated carbocycles. The minimum absolute atomic E-state index is 0.00781. The molecule has 0 unspecified atom stereocenters. The Morgan fingerprint density at radius 1 is 1.33 bits per heavy atom. The number of hydrogen-bond donors (Lipinski definition) is 2. The number of hydrogen-bond acceptors (Lipinski definition) is 4. The first-order valence-electron chi connectivity index (χ1n) is 6.23. The highest BCUT2D eigenvalue weighted by Crippen LogP contribution is 2.19. The number of carbonyl (C=O) groups is 1. The minimum atomic E-state index is -3.85. The Bertz CT molecular complexity index is 758. The largest absolute Gasteiger partial charge is 0.478 e. The number of nitrogens with one attached hydrogen (secondary N) is 1. The van der Waals surface area contributed by atoms with Crippen LogP contribution in [0.15, 0.2) is 47.6 Å². The van der Waals surface area contributed by atoms with Gasteiger partial charge >= 0.3 is 5.97 Å². The summed E-state index contributed by atoms with van der Waals surface area (Å²) in [7, 11) is -3.85. The standard InChI is InChI=1S/C14H14N2O4S/c1-2-10-5-6-12(8-13(10)14(17)18)21(19,20)16-11-4-3-7-15-9-11/h3-9,16H,2H2,1H3,(H,17,18). The Balaban J connectivity index is 2.41. The third-order valence-electron chi connectivity index (χ3n) is 2.92. The second kappa shape index (κ2) is 5.92. The van der Waals surface area contributed by atoms with Crippen LogP contribution in [0.25, 0.3) is 0 Å². The van der Waals surface area contributed by atoms with Gasteiger partial charge in [0.1, 0.15) is 0 Å². The van der Waals surface area contributed by atoms with Crippen molar-refractivity contribution in [3.8, 4) is 0 Å². The number of sulfonamides is 1. The van der Waals surface area contributed by atoms with Crippen LogP contribution in [0.4, 0.5) is 5.69 Å². The Hall–Kier alpha value is -2.41. The maximum atomic E-state index is 12.2. The van der Waals surface area contributed by atoms with Gasteiger partial charge in [0.05, 0.1) is 22.3 Å². The number of pyridine rings is 1. The average molecular weight is 306 g/mol. The summed E-state index contributed by atoms with van der Waals surface area (Å²) in [4.78, 5) is 14.9. The molecule has 0 radical (unpaired) electrons. The molecule has 0 saturated heterocycles. The number of carboxylic acid groups (broad SMARTS) is 1. The van der Waals surface area contributed by atoms with Crippen LogP contribution in [-0.4, -0.2) is 24.5 Å². The fourth-order valence-electron chi connectivity index (χ4n) is 1.87.